The van der Waals surface area contributed by atoms with Crippen molar-refractivity contribution in [2.24, 2.45) is 17.0 Å². The molecule has 1 saturated heterocycles. The molecule has 2 heterocycles. The lowest BCUT2D eigenvalue weighted by Crippen LogP contribution is -2.32. The van der Waals surface area contributed by atoms with Crippen LogP contribution in [0.15, 0.2) is 65.4 Å². The van der Waals surface area contributed by atoms with Gasteiger partial charge in [0.15, 0.2) is 0 Å². The molecule has 1 aliphatic carbocycles. The van der Waals surface area contributed by atoms with Gasteiger partial charge in [-0.1, -0.05) is 48.7 Å². The van der Waals surface area contributed by atoms with Gasteiger partial charge >= 0.3 is 0 Å². The fraction of sp³-hybridized carbons (Fsp3) is 0.464. The molecule has 1 aromatic rings. The van der Waals surface area contributed by atoms with Crippen LogP contribution < -0.4 is 5.32 Å². The topological polar surface area (TPSA) is 59.4 Å². The molecule has 1 fully saturated rings. The number of hydrogen-bond acceptors (Lipinski definition) is 5. The average molecular weight is 447 g/mol. The molecule has 0 bridgehead atoms. The summed E-state index contributed by atoms with van der Waals surface area (Å²) in [5.74, 6) is 1.48. The van der Waals surface area contributed by atoms with Crippen LogP contribution in [0, 0.1) is 25.7 Å². The molecule has 3 rings (SSSR count). The zero-order valence-electron chi connectivity index (χ0n) is 20.7. The highest BCUT2D eigenvalue weighted by Crippen LogP contribution is 2.35. The molecule has 2 atom stereocenters. The predicted molar refractivity (Wildman–Crippen MR) is 137 cm³/mol. The molecule has 0 spiro atoms. The summed E-state index contributed by atoms with van der Waals surface area (Å²) in [5, 5.41) is 8.09. The first-order valence-corrected chi connectivity index (χ1v) is 12.0. The highest BCUT2D eigenvalue weighted by atomic mass is 16.6. The Morgan fingerprint density at radius 2 is 2.06 bits per heavy atom. The minimum Gasteiger partial charge on any atom is -0.395 e. The Hall–Kier alpha value is -2.79. The lowest BCUT2D eigenvalue weighted by molar-refractivity contribution is 0.0959. The number of nitrogens with one attached hydrogen (secondary N) is 1. The van der Waals surface area contributed by atoms with Crippen molar-refractivity contribution in [3.63, 3.8) is 0 Å². The van der Waals surface area contributed by atoms with Crippen LogP contribution >= 0.6 is 0 Å². The number of aromatic nitrogens is 2. The molecule has 2 unspecified atom stereocenters. The van der Waals surface area contributed by atoms with E-state index >= 15 is 0 Å². The average Bonchev–Trinajstić information content (AvgIpc) is 2.81. The van der Waals surface area contributed by atoms with Gasteiger partial charge in [-0.25, -0.2) is 9.97 Å². The Labute approximate surface area is 199 Å². The lowest BCUT2D eigenvalue weighted by atomic mass is 9.77. The maximum absolute atomic E-state index is 5.90. The molecule has 1 aliphatic heterocycles. The minimum atomic E-state index is 0.185. The normalized spacial score (nSPS) is 23.0. The van der Waals surface area contributed by atoms with Gasteiger partial charge in [-0.15, -0.1) is 0 Å². The van der Waals surface area contributed by atoms with E-state index in [4.69, 9.17) is 9.82 Å². The number of fused-ring (bicyclic) bond motifs is 1. The van der Waals surface area contributed by atoms with Crippen LogP contribution in [0.1, 0.15) is 55.9 Å². The summed E-state index contributed by atoms with van der Waals surface area (Å²) in [4.78, 5) is 15.3. The summed E-state index contributed by atoms with van der Waals surface area (Å²) >= 11 is 0. The maximum Gasteiger partial charge on any atom is 0.125 e. The molecule has 0 radical (unpaired) electrons. The standard InChI is InChI=1S/C28H38N4O/c1-7-10-13-23(8-2)25(9-3)19(4)24-15-26-28(20(5)30-21(6)31-26)27(16-24)32-33-18-22-12-11-14-29-17-22/h7-10,13,22,24,29H,2,4,11-12,14-18H2,1,3,5-6H3/b10-7-,23-13+,25-9+,32-27+. The first-order chi connectivity index (χ1) is 16.0. The molecule has 5 nitrogen and oxygen atoms in total. The monoisotopic (exact) mass is 446 g/mol. The predicted octanol–water partition coefficient (Wildman–Crippen LogP) is 5.57. The van der Waals surface area contributed by atoms with Gasteiger partial charge in [-0.05, 0) is 76.1 Å². The number of allylic oxidation sites excluding steroid dienone is 8. The molecule has 0 amide bonds. The first kappa shape index (κ1) is 24.8. The Balaban J connectivity index is 1.89. The third-order valence-corrected chi connectivity index (χ3v) is 6.46. The second-order valence-corrected chi connectivity index (χ2v) is 8.91. The zero-order chi connectivity index (χ0) is 23.8. The number of nitrogens with zero attached hydrogens (tertiary/aromatic N) is 3. The van der Waals surface area contributed by atoms with E-state index in [1.54, 1.807) is 0 Å². The highest BCUT2D eigenvalue weighted by molar-refractivity contribution is 6.03. The second-order valence-electron chi connectivity index (χ2n) is 8.91. The first-order valence-electron chi connectivity index (χ1n) is 12.0. The summed E-state index contributed by atoms with van der Waals surface area (Å²) in [5.41, 5.74) is 7.24. The van der Waals surface area contributed by atoms with Crippen molar-refractivity contribution in [3.05, 3.63) is 83.0 Å². The largest absolute Gasteiger partial charge is 0.395 e. The van der Waals surface area contributed by atoms with Gasteiger partial charge in [-0.2, -0.15) is 0 Å². The Morgan fingerprint density at radius 1 is 1.24 bits per heavy atom. The number of oxime groups is 1. The SMILES string of the molecule is C=CC(=C\C=C/C)/C(=C/C)C(=C)C1C/C(=N\OCC2CCCNC2)c2c(C)nc(C)nc2C1. The van der Waals surface area contributed by atoms with Crippen LogP contribution in [0.5, 0.6) is 0 Å². The number of hydrogen-bond donors (Lipinski definition) is 1. The van der Waals surface area contributed by atoms with Gasteiger partial charge in [0.25, 0.3) is 0 Å². The van der Waals surface area contributed by atoms with Crippen molar-refractivity contribution in [1.82, 2.24) is 15.3 Å². The second kappa shape index (κ2) is 11.9. The molecule has 176 valence electrons. The Morgan fingerprint density at radius 3 is 2.73 bits per heavy atom. The summed E-state index contributed by atoms with van der Waals surface area (Å²) in [6.45, 7) is 19.3. The number of rotatable bonds is 8. The minimum absolute atomic E-state index is 0.185. The molecule has 2 aliphatic rings. The lowest BCUT2D eigenvalue weighted by Gasteiger charge is -2.29. The molecule has 33 heavy (non-hydrogen) atoms. The fourth-order valence-corrected chi connectivity index (χ4v) is 4.79. The van der Waals surface area contributed by atoms with Crippen LogP contribution in [0.2, 0.25) is 0 Å². The van der Waals surface area contributed by atoms with E-state index < -0.39 is 0 Å². The summed E-state index contributed by atoms with van der Waals surface area (Å²) in [7, 11) is 0. The van der Waals surface area contributed by atoms with E-state index in [1.807, 2.05) is 39.0 Å². The highest BCUT2D eigenvalue weighted by Gasteiger charge is 2.30. The van der Waals surface area contributed by atoms with Crippen molar-refractivity contribution in [2.75, 3.05) is 19.7 Å². The Bertz CT molecular complexity index is 993. The fourth-order valence-electron chi connectivity index (χ4n) is 4.79. The van der Waals surface area contributed by atoms with E-state index in [0.717, 1.165) is 71.1 Å². The number of aryl methyl sites for hydroxylation is 2. The molecular formula is C28H38N4O. The zero-order valence-corrected chi connectivity index (χ0v) is 20.7. The van der Waals surface area contributed by atoms with Gasteiger partial charge < -0.3 is 10.2 Å². The van der Waals surface area contributed by atoms with Gasteiger partial charge in [0.2, 0.25) is 0 Å². The van der Waals surface area contributed by atoms with Crippen molar-refractivity contribution in [2.45, 2.75) is 53.4 Å². The summed E-state index contributed by atoms with van der Waals surface area (Å²) in [6.07, 6.45) is 14.1. The van der Waals surface area contributed by atoms with E-state index in [-0.39, 0.29) is 5.92 Å². The molecule has 0 saturated carbocycles. The molecule has 5 heteroatoms. The molecule has 1 aromatic heterocycles. The summed E-state index contributed by atoms with van der Waals surface area (Å²) in [6, 6.07) is 0. The third kappa shape index (κ3) is 6.17. The smallest absolute Gasteiger partial charge is 0.125 e. The Kier molecular flexibility index (Phi) is 8.95. The van der Waals surface area contributed by atoms with Gasteiger partial charge in [0.1, 0.15) is 12.4 Å². The third-order valence-electron chi connectivity index (χ3n) is 6.46. The van der Waals surface area contributed by atoms with Crippen molar-refractivity contribution < 1.29 is 4.84 Å². The van der Waals surface area contributed by atoms with Gasteiger partial charge in [0.05, 0.1) is 17.1 Å². The van der Waals surface area contributed by atoms with Crippen molar-refractivity contribution in [1.29, 1.82) is 0 Å². The van der Waals surface area contributed by atoms with Crippen LogP contribution in [0.4, 0.5) is 0 Å². The van der Waals surface area contributed by atoms with Gasteiger partial charge in [-0.3, -0.25) is 0 Å². The van der Waals surface area contributed by atoms with Crippen molar-refractivity contribution in [3.8, 4) is 0 Å². The maximum atomic E-state index is 5.90. The number of piperidine rings is 1. The van der Waals surface area contributed by atoms with Gasteiger partial charge in [0, 0.05) is 24.4 Å². The van der Waals surface area contributed by atoms with E-state index in [2.05, 4.69) is 47.7 Å². The summed E-state index contributed by atoms with van der Waals surface area (Å²) < 4.78 is 0. The van der Waals surface area contributed by atoms with Crippen LogP contribution in [0.3, 0.4) is 0 Å². The van der Waals surface area contributed by atoms with E-state index in [1.165, 1.54) is 12.8 Å². The quantitative estimate of drug-likeness (QED) is 0.419. The van der Waals surface area contributed by atoms with Crippen LogP contribution in [-0.2, 0) is 11.3 Å². The molecule has 1 N–H and O–H groups in total. The van der Waals surface area contributed by atoms with Crippen LogP contribution in [-0.4, -0.2) is 35.4 Å². The van der Waals surface area contributed by atoms with E-state index in [9.17, 15) is 0 Å². The molecular weight excluding hydrogens is 408 g/mol. The van der Waals surface area contributed by atoms with Crippen molar-refractivity contribution >= 4 is 5.71 Å². The van der Waals surface area contributed by atoms with E-state index in [0.29, 0.717) is 12.5 Å². The van der Waals surface area contributed by atoms with Crippen LogP contribution in [0.25, 0.3) is 0 Å². The molecule has 0 aromatic carbocycles.